The van der Waals surface area contributed by atoms with E-state index in [1.807, 2.05) is 0 Å². The fourth-order valence-electron chi connectivity index (χ4n) is 3.04. The van der Waals surface area contributed by atoms with Crippen LogP contribution in [0.25, 0.3) is 0 Å². The molecule has 2 rings (SSSR count). The molecule has 1 aromatic rings. The maximum atomic E-state index is 10.8. The molecular formula is C19H31NO. The van der Waals surface area contributed by atoms with Crippen LogP contribution in [-0.2, 0) is 10.8 Å². The lowest BCUT2D eigenvalue weighted by Gasteiger charge is -2.31. The molecule has 1 saturated heterocycles. The van der Waals surface area contributed by atoms with Crippen LogP contribution in [0, 0.1) is 0 Å². The van der Waals surface area contributed by atoms with Crippen LogP contribution in [-0.4, -0.2) is 11.7 Å². The number of piperidine rings is 1. The molecule has 2 heteroatoms. The van der Waals surface area contributed by atoms with Crippen LogP contribution in [0.15, 0.2) is 12.1 Å². The Morgan fingerprint density at radius 1 is 1.00 bits per heavy atom. The van der Waals surface area contributed by atoms with Crippen LogP contribution in [0.3, 0.4) is 0 Å². The van der Waals surface area contributed by atoms with Gasteiger partial charge >= 0.3 is 0 Å². The zero-order valence-corrected chi connectivity index (χ0v) is 14.5. The molecule has 0 bridgehead atoms. The van der Waals surface area contributed by atoms with Crippen molar-refractivity contribution >= 4 is 0 Å². The van der Waals surface area contributed by atoms with E-state index in [4.69, 9.17) is 0 Å². The quantitative estimate of drug-likeness (QED) is 0.778. The van der Waals surface area contributed by atoms with Crippen molar-refractivity contribution in [2.24, 2.45) is 0 Å². The summed E-state index contributed by atoms with van der Waals surface area (Å²) in [4.78, 5) is 0. The molecule has 0 unspecified atom stereocenters. The number of aromatic hydroxyl groups is 1. The minimum absolute atomic E-state index is 0.0469. The Hall–Kier alpha value is -1.02. The van der Waals surface area contributed by atoms with Gasteiger partial charge in [0.05, 0.1) is 0 Å². The fraction of sp³-hybridized carbons (Fsp3) is 0.684. The summed E-state index contributed by atoms with van der Waals surface area (Å²) in [6.07, 6.45) is 3.59. The second-order valence-electron chi connectivity index (χ2n) is 8.46. The Balaban J connectivity index is 2.57. The maximum Gasteiger partial charge on any atom is 0.124 e. The number of benzene rings is 1. The molecule has 1 atom stereocenters. The first-order valence-electron chi connectivity index (χ1n) is 8.22. The van der Waals surface area contributed by atoms with E-state index in [2.05, 4.69) is 59.0 Å². The van der Waals surface area contributed by atoms with Crippen LogP contribution in [0.2, 0.25) is 0 Å². The largest absolute Gasteiger partial charge is 0.507 e. The van der Waals surface area contributed by atoms with Gasteiger partial charge in [0.2, 0.25) is 0 Å². The van der Waals surface area contributed by atoms with Gasteiger partial charge in [0.15, 0.2) is 0 Å². The van der Waals surface area contributed by atoms with Gasteiger partial charge < -0.3 is 10.4 Å². The normalized spacial score (nSPS) is 20.6. The smallest absolute Gasteiger partial charge is 0.124 e. The molecule has 0 spiro atoms. The molecule has 1 aliphatic rings. The molecule has 2 N–H and O–H groups in total. The lowest BCUT2D eigenvalue weighted by Crippen LogP contribution is -2.28. The number of nitrogens with one attached hydrogen (secondary N) is 1. The van der Waals surface area contributed by atoms with Gasteiger partial charge in [-0.25, -0.2) is 0 Å². The number of hydrogen-bond acceptors (Lipinski definition) is 2. The summed E-state index contributed by atoms with van der Waals surface area (Å²) >= 11 is 0. The predicted molar refractivity (Wildman–Crippen MR) is 90.1 cm³/mol. The second kappa shape index (κ2) is 5.64. The van der Waals surface area contributed by atoms with E-state index in [0.29, 0.717) is 11.8 Å². The van der Waals surface area contributed by atoms with Crippen molar-refractivity contribution in [2.45, 2.75) is 77.7 Å². The van der Waals surface area contributed by atoms with Crippen LogP contribution in [0.4, 0.5) is 0 Å². The summed E-state index contributed by atoms with van der Waals surface area (Å²) in [5, 5.41) is 14.4. The highest BCUT2D eigenvalue weighted by Crippen LogP contribution is 2.41. The van der Waals surface area contributed by atoms with Gasteiger partial charge in [0.1, 0.15) is 5.75 Å². The van der Waals surface area contributed by atoms with Crippen molar-refractivity contribution in [2.75, 3.05) is 6.54 Å². The van der Waals surface area contributed by atoms with Gasteiger partial charge in [0, 0.05) is 11.6 Å². The predicted octanol–water partition coefficient (Wildman–Crippen LogP) is 4.80. The van der Waals surface area contributed by atoms with E-state index in [-0.39, 0.29) is 10.8 Å². The first kappa shape index (κ1) is 16.4. The highest BCUT2D eigenvalue weighted by molar-refractivity contribution is 5.50. The molecule has 2 nitrogen and oxygen atoms in total. The van der Waals surface area contributed by atoms with Crippen LogP contribution in [0.1, 0.15) is 83.5 Å². The van der Waals surface area contributed by atoms with E-state index < -0.39 is 0 Å². The van der Waals surface area contributed by atoms with Crippen molar-refractivity contribution in [3.05, 3.63) is 28.8 Å². The van der Waals surface area contributed by atoms with E-state index in [0.717, 1.165) is 24.1 Å². The number of phenolic OH excluding ortho intramolecular Hbond substituents is 1. The Morgan fingerprint density at radius 3 is 2.14 bits per heavy atom. The zero-order chi connectivity index (χ0) is 15.8. The van der Waals surface area contributed by atoms with E-state index >= 15 is 0 Å². The van der Waals surface area contributed by atoms with Crippen molar-refractivity contribution in [1.29, 1.82) is 0 Å². The number of rotatable bonds is 1. The molecule has 1 fully saturated rings. The summed E-state index contributed by atoms with van der Waals surface area (Å²) in [5.74, 6) is 0.495. The average molecular weight is 289 g/mol. The summed E-state index contributed by atoms with van der Waals surface area (Å²) in [7, 11) is 0. The first-order valence-corrected chi connectivity index (χ1v) is 8.22. The topological polar surface area (TPSA) is 32.3 Å². The Kier molecular flexibility index (Phi) is 4.39. The highest BCUT2D eigenvalue weighted by Gasteiger charge is 2.28. The van der Waals surface area contributed by atoms with Gasteiger partial charge in [-0.1, -0.05) is 54.0 Å². The molecule has 118 valence electrons. The summed E-state index contributed by atoms with van der Waals surface area (Å²) in [6.45, 7) is 14.3. The van der Waals surface area contributed by atoms with Gasteiger partial charge in [-0.3, -0.25) is 0 Å². The lowest BCUT2D eigenvalue weighted by molar-refractivity contribution is 0.382. The van der Waals surface area contributed by atoms with Crippen LogP contribution in [0.5, 0.6) is 5.75 Å². The van der Waals surface area contributed by atoms with E-state index in [1.165, 1.54) is 18.4 Å². The molecule has 1 aromatic carbocycles. The molecule has 0 aromatic heterocycles. The fourth-order valence-corrected chi connectivity index (χ4v) is 3.04. The molecule has 21 heavy (non-hydrogen) atoms. The summed E-state index contributed by atoms with van der Waals surface area (Å²) in [5.41, 5.74) is 3.52. The average Bonchev–Trinajstić information content (AvgIpc) is 2.37. The minimum atomic E-state index is -0.0469. The molecular weight excluding hydrogens is 258 g/mol. The molecule has 1 aliphatic heterocycles. The van der Waals surface area contributed by atoms with E-state index in [1.54, 1.807) is 0 Å². The Morgan fingerprint density at radius 2 is 1.67 bits per heavy atom. The van der Waals surface area contributed by atoms with Crippen molar-refractivity contribution in [3.8, 4) is 5.75 Å². The lowest BCUT2D eigenvalue weighted by atomic mass is 9.77. The van der Waals surface area contributed by atoms with Crippen molar-refractivity contribution in [1.82, 2.24) is 5.32 Å². The van der Waals surface area contributed by atoms with Crippen LogP contribution < -0.4 is 5.32 Å². The first-order chi connectivity index (χ1) is 9.60. The summed E-state index contributed by atoms with van der Waals surface area (Å²) < 4.78 is 0. The number of hydrogen-bond donors (Lipinski definition) is 2. The molecule has 1 heterocycles. The third-order valence-corrected chi connectivity index (χ3v) is 4.50. The van der Waals surface area contributed by atoms with Crippen LogP contribution >= 0.6 is 0 Å². The van der Waals surface area contributed by atoms with Gasteiger partial charge in [0.25, 0.3) is 0 Å². The van der Waals surface area contributed by atoms with Crippen molar-refractivity contribution in [3.63, 3.8) is 0 Å². The molecule has 0 radical (unpaired) electrons. The molecule has 0 saturated carbocycles. The monoisotopic (exact) mass is 289 g/mol. The third kappa shape index (κ3) is 3.60. The minimum Gasteiger partial charge on any atom is -0.507 e. The standard InChI is InChI=1S/C19H31NO/c1-18(2,3)13-11-14(16-9-7-8-10-20-16)17(21)15(12-13)19(4,5)6/h11-12,16,20-21H,7-10H2,1-6H3/t16-/m0/s1. The number of phenols is 1. The third-order valence-electron chi connectivity index (χ3n) is 4.50. The second-order valence-corrected chi connectivity index (χ2v) is 8.46. The highest BCUT2D eigenvalue weighted by atomic mass is 16.3. The maximum absolute atomic E-state index is 10.8. The molecule has 0 aliphatic carbocycles. The Bertz CT molecular complexity index is 500. The Labute approximate surface area is 130 Å². The van der Waals surface area contributed by atoms with Gasteiger partial charge in [-0.05, 0) is 47.4 Å². The SMILES string of the molecule is CC(C)(C)c1cc([C@@H]2CCCCN2)c(O)c(C(C)(C)C)c1. The van der Waals surface area contributed by atoms with E-state index in [9.17, 15) is 5.11 Å². The van der Waals surface area contributed by atoms with Crippen molar-refractivity contribution < 1.29 is 5.11 Å². The molecule has 0 amide bonds. The zero-order valence-electron chi connectivity index (χ0n) is 14.5. The summed E-state index contributed by atoms with van der Waals surface area (Å²) in [6, 6.07) is 4.71. The van der Waals surface area contributed by atoms with Gasteiger partial charge in [-0.2, -0.15) is 0 Å². The van der Waals surface area contributed by atoms with Gasteiger partial charge in [-0.15, -0.1) is 0 Å².